The van der Waals surface area contributed by atoms with Gasteiger partial charge >= 0.3 is 0 Å². The minimum absolute atomic E-state index is 0.563. The smallest absolute Gasteiger partial charge is 0.122 e. The van der Waals surface area contributed by atoms with Gasteiger partial charge in [0.1, 0.15) is 12.4 Å². The van der Waals surface area contributed by atoms with Crippen LogP contribution in [-0.2, 0) is 13.0 Å². The van der Waals surface area contributed by atoms with Crippen molar-refractivity contribution in [2.75, 3.05) is 0 Å². The molecule has 0 unspecified atom stereocenters. The van der Waals surface area contributed by atoms with Crippen molar-refractivity contribution in [1.82, 2.24) is 0 Å². The Hall–Kier alpha value is -1.70. The third-order valence-corrected chi connectivity index (χ3v) is 2.33. The Morgan fingerprint density at radius 1 is 1.20 bits per heavy atom. The quantitative estimate of drug-likeness (QED) is 0.758. The van der Waals surface area contributed by atoms with Crippen molar-refractivity contribution in [1.29, 1.82) is 0 Å². The molecule has 0 aliphatic rings. The summed E-state index contributed by atoms with van der Waals surface area (Å²) in [6.07, 6.45) is 4.35. The molecule has 0 N–H and O–H groups in total. The van der Waals surface area contributed by atoms with Crippen molar-refractivity contribution in [2.24, 2.45) is 0 Å². The molecule has 15 heavy (non-hydrogen) atoms. The van der Waals surface area contributed by atoms with Crippen molar-refractivity contribution in [3.05, 3.63) is 54.0 Å². The predicted octanol–water partition coefficient (Wildman–Crippen LogP) is 3.42. The highest BCUT2D eigenvalue weighted by molar-refractivity contribution is 5.33. The van der Waals surface area contributed by atoms with E-state index in [0.717, 1.165) is 17.7 Å². The maximum Gasteiger partial charge on any atom is 0.122 e. The summed E-state index contributed by atoms with van der Waals surface area (Å²) in [6.45, 7) is 2.69. The average molecular weight is 202 g/mol. The summed E-state index contributed by atoms with van der Waals surface area (Å²) < 4.78 is 10.7. The van der Waals surface area contributed by atoms with Crippen LogP contribution < -0.4 is 4.74 Å². The predicted molar refractivity (Wildman–Crippen MR) is 58.9 cm³/mol. The first-order valence-electron chi connectivity index (χ1n) is 5.12. The molecule has 2 aromatic rings. The van der Waals surface area contributed by atoms with Gasteiger partial charge in [-0.05, 0) is 24.1 Å². The van der Waals surface area contributed by atoms with Gasteiger partial charge in [-0.25, -0.2) is 0 Å². The first-order valence-corrected chi connectivity index (χ1v) is 5.12. The average Bonchev–Trinajstić information content (AvgIpc) is 2.79. The number of para-hydroxylation sites is 1. The van der Waals surface area contributed by atoms with Gasteiger partial charge in [0, 0.05) is 5.56 Å². The van der Waals surface area contributed by atoms with E-state index in [1.165, 1.54) is 5.56 Å². The zero-order valence-electron chi connectivity index (χ0n) is 8.77. The van der Waals surface area contributed by atoms with Crippen LogP contribution >= 0.6 is 0 Å². The molecule has 2 nitrogen and oxygen atoms in total. The Labute approximate surface area is 89.5 Å². The van der Waals surface area contributed by atoms with Crippen LogP contribution in [0.3, 0.4) is 0 Å². The van der Waals surface area contributed by atoms with E-state index in [2.05, 4.69) is 13.0 Å². The highest BCUT2D eigenvalue weighted by atomic mass is 16.5. The topological polar surface area (TPSA) is 22.4 Å². The number of ether oxygens (including phenoxy) is 1. The number of benzene rings is 1. The minimum Gasteiger partial charge on any atom is -0.489 e. The molecule has 2 rings (SSSR count). The third-order valence-electron chi connectivity index (χ3n) is 2.33. The first-order chi connectivity index (χ1) is 7.40. The highest BCUT2D eigenvalue weighted by Crippen LogP contribution is 2.19. The molecule has 0 aliphatic heterocycles. The lowest BCUT2D eigenvalue weighted by Gasteiger charge is -2.08. The molecule has 78 valence electrons. The van der Waals surface area contributed by atoms with E-state index in [9.17, 15) is 0 Å². The summed E-state index contributed by atoms with van der Waals surface area (Å²) >= 11 is 0. The van der Waals surface area contributed by atoms with E-state index >= 15 is 0 Å². The molecule has 0 spiro atoms. The normalized spacial score (nSPS) is 10.2. The maximum absolute atomic E-state index is 5.71. The van der Waals surface area contributed by atoms with E-state index in [1.54, 1.807) is 12.5 Å². The van der Waals surface area contributed by atoms with Gasteiger partial charge in [-0.15, -0.1) is 0 Å². The molecule has 0 radical (unpaired) electrons. The SMILES string of the molecule is CCc1ccccc1OCc1ccoc1. The van der Waals surface area contributed by atoms with Crippen LogP contribution in [0.2, 0.25) is 0 Å². The van der Waals surface area contributed by atoms with Crippen LogP contribution in [-0.4, -0.2) is 0 Å². The Morgan fingerprint density at radius 2 is 2.07 bits per heavy atom. The molecule has 1 aromatic heterocycles. The third kappa shape index (κ3) is 2.40. The number of hydrogen-bond acceptors (Lipinski definition) is 2. The molecule has 0 saturated heterocycles. The van der Waals surface area contributed by atoms with Gasteiger partial charge in [0.15, 0.2) is 0 Å². The largest absolute Gasteiger partial charge is 0.489 e. The Morgan fingerprint density at radius 3 is 2.80 bits per heavy atom. The van der Waals surface area contributed by atoms with E-state index in [1.807, 2.05) is 24.3 Å². The van der Waals surface area contributed by atoms with Gasteiger partial charge in [0.05, 0.1) is 12.5 Å². The molecule has 0 saturated carbocycles. The van der Waals surface area contributed by atoms with Gasteiger partial charge in [-0.3, -0.25) is 0 Å². The fourth-order valence-electron chi connectivity index (χ4n) is 1.47. The first kappa shape index (κ1) is 9.84. The molecule has 2 heteroatoms. The lowest BCUT2D eigenvalue weighted by molar-refractivity contribution is 0.302. The molecule has 0 aliphatic carbocycles. The second-order valence-corrected chi connectivity index (χ2v) is 3.38. The van der Waals surface area contributed by atoms with E-state index < -0.39 is 0 Å². The van der Waals surface area contributed by atoms with Crippen LogP contribution in [0.25, 0.3) is 0 Å². The van der Waals surface area contributed by atoms with Crippen LogP contribution in [0, 0.1) is 0 Å². The summed E-state index contributed by atoms with van der Waals surface area (Å²) in [7, 11) is 0. The summed E-state index contributed by atoms with van der Waals surface area (Å²) in [5, 5.41) is 0. The van der Waals surface area contributed by atoms with Crippen LogP contribution in [0.4, 0.5) is 0 Å². The van der Waals surface area contributed by atoms with Gasteiger partial charge < -0.3 is 9.15 Å². The van der Waals surface area contributed by atoms with Gasteiger partial charge in [0.2, 0.25) is 0 Å². The van der Waals surface area contributed by atoms with Crippen molar-refractivity contribution < 1.29 is 9.15 Å². The zero-order chi connectivity index (χ0) is 10.5. The number of hydrogen-bond donors (Lipinski definition) is 0. The molecular weight excluding hydrogens is 188 g/mol. The lowest BCUT2D eigenvalue weighted by Crippen LogP contribution is -1.96. The zero-order valence-corrected chi connectivity index (χ0v) is 8.77. The van der Waals surface area contributed by atoms with Gasteiger partial charge in [0.25, 0.3) is 0 Å². The van der Waals surface area contributed by atoms with Gasteiger partial charge in [-0.2, -0.15) is 0 Å². The van der Waals surface area contributed by atoms with E-state index in [4.69, 9.17) is 9.15 Å². The fraction of sp³-hybridized carbons (Fsp3) is 0.231. The van der Waals surface area contributed by atoms with E-state index in [-0.39, 0.29) is 0 Å². The number of rotatable bonds is 4. The van der Waals surface area contributed by atoms with E-state index in [0.29, 0.717) is 6.61 Å². The monoisotopic (exact) mass is 202 g/mol. The molecule has 1 aromatic carbocycles. The maximum atomic E-state index is 5.71. The standard InChI is InChI=1S/C13H14O2/c1-2-12-5-3-4-6-13(12)15-10-11-7-8-14-9-11/h3-9H,2,10H2,1H3. The second-order valence-electron chi connectivity index (χ2n) is 3.38. The fourth-order valence-corrected chi connectivity index (χ4v) is 1.47. The van der Waals surface area contributed by atoms with Crippen LogP contribution in [0.1, 0.15) is 18.1 Å². The molecule has 0 bridgehead atoms. The molecule has 1 heterocycles. The minimum atomic E-state index is 0.563. The molecule has 0 fully saturated rings. The second kappa shape index (κ2) is 4.69. The summed E-state index contributed by atoms with van der Waals surface area (Å²) in [5.74, 6) is 0.959. The number of furan rings is 1. The van der Waals surface area contributed by atoms with Crippen molar-refractivity contribution in [3.63, 3.8) is 0 Å². The van der Waals surface area contributed by atoms with Crippen molar-refractivity contribution >= 4 is 0 Å². The lowest BCUT2D eigenvalue weighted by atomic mass is 10.1. The number of aryl methyl sites for hydroxylation is 1. The Balaban J connectivity index is 2.04. The highest BCUT2D eigenvalue weighted by Gasteiger charge is 2.01. The molecule has 0 amide bonds. The van der Waals surface area contributed by atoms with Crippen molar-refractivity contribution in [3.8, 4) is 5.75 Å². The summed E-state index contributed by atoms with van der Waals surface area (Å²) in [5.41, 5.74) is 2.29. The summed E-state index contributed by atoms with van der Waals surface area (Å²) in [6, 6.07) is 10.0. The Bertz CT molecular complexity index is 404. The van der Waals surface area contributed by atoms with Crippen LogP contribution in [0.15, 0.2) is 47.3 Å². The molecule has 0 atom stereocenters. The Kier molecular flexibility index (Phi) is 3.08. The van der Waals surface area contributed by atoms with Crippen LogP contribution in [0.5, 0.6) is 5.75 Å². The van der Waals surface area contributed by atoms with Crippen molar-refractivity contribution in [2.45, 2.75) is 20.0 Å². The van der Waals surface area contributed by atoms with Gasteiger partial charge in [-0.1, -0.05) is 25.1 Å². The summed E-state index contributed by atoms with van der Waals surface area (Å²) in [4.78, 5) is 0. The molecular formula is C13H14O2.